The van der Waals surface area contributed by atoms with E-state index in [0.717, 1.165) is 40.0 Å². The van der Waals surface area contributed by atoms with Gasteiger partial charge in [0.15, 0.2) is 5.78 Å². The molecule has 1 aliphatic carbocycles. The second-order valence-electron chi connectivity index (χ2n) is 8.10. The first-order valence-electron chi connectivity index (χ1n) is 10.0. The van der Waals surface area contributed by atoms with Crippen molar-refractivity contribution < 1.29 is 19.1 Å². The number of ketones is 1. The standard InChI is InChI=1S/C23H28N2O4/c1-6-13-12-24(2)19-10-17-15-8-7-14(28-4)9-18(15)25(3)22(17)20(26)11-16(13)21(19)23(27)29-5/h6-9,16,19,21H,10-12H2,1-5H3. The molecule has 0 amide bonds. The molecule has 6 nitrogen and oxygen atoms in total. The highest BCUT2D eigenvalue weighted by Crippen LogP contribution is 2.42. The number of likely N-dealkylation sites (tertiary alicyclic amines) is 1. The van der Waals surface area contributed by atoms with E-state index in [2.05, 4.69) is 18.0 Å². The predicted octanol–water partition coefficient (Wildman–Crippen LogP) is 2.98. The highest BCUT2D eigenvalue weighted by molar-refractivity contribution is 6.04. The Balaban J connectivity index is 1.94. The number of aryl methyl sites for hydroxylation is 1. The summed E-state index contributed by atoms with van der Waals surface area (Å²) in [6.07, 6.45) is 3.00. The molecule has 2 aromatic rings. The fraction of sp³-hybridized carbons (Fsp3) is 0.478. The number of esters is 1. The monoisotopic (exact) mass is 396 g/mol. The highest BCUT2D eigenvalue weighted by Gasteiger charge is 2.47. The third kappa shape index (κ3) is 2.97. The first kappa shape index (κ1) is 19.7. The Bertz CT molecular complexity index is 1020. The number of piperidine rings is 1. The number of benzene rings is 1. The van der Waals surface area contributed by atoms with Gasteiger partial charge in [-0.1, -0.05) is 11.6 Å². The van der Waals surface area contributed by atoms with Crippen molar-refractivity contribution >= 4 is 22.7 Å². The maximum Gasteiger partial charge on any atom is 0.310 e. The summed E-state index contributed by atoms with van der Waals surface area (Å²) in [6, 6.07) is 5.90. The van der Waals surface area contributed by atoms with E-state index in [9.17, 15) is 9.59 Å². The molecule has 4 rings (SSSR count). The molecule has 1 saturated heterocycles. The largest absolute Gasteiger partial charge is 0.497 e. The molecule has 6 heteroatoms. The van der Waals surface area contributed by atoms with Crippen molar-refractivity contribution in [2.45, 2.75) is 25.8 Å². The van der Waals surface area contributed by atoms with Gasteiger partial charge in [-0.25, -0.2) is 0 Å². The second-order valence-corrected chi connectivity index (χ2v) is 8.10. The summed E-state index contributed by atoms with van der Waals surface area (Å²) in [6.45, 7) is 2.75. The zero-order valence-electron chi connectivity index (χ0n) is 17.7. The van der Waals surface area contributed by atoms with Crippen LogP contribution >= 0.6 is 0 Å². The van der Waals surface area contributed by atoms with E-state index in [0.29, 0.717) is 12.8 Å². The van der Waals surface area contributed by atoms with Gasteiger partial charge >= 0.3 is 5.97 Å². The van der Waals surface area contributed by atoms with Crippen LogP contribution in [0.2, 0.25) is 0 Å². The average molecular weight is 396 g/mol. The number of ether oxygens (including phenoxy) is 2. The topological polar surface area (TPSA) is 60.8 Å². The number of carbonyl (C=O) groups is 2. The summed E-state index contributed by atoms with van der Waals surface area (Å²) in [5, 5.41) is 1.05. The van der Waals surface area contributed by atoms with Crippen LogP contribution in [0, 0.1) is 11.8 Å². The van der Waals surface area contributed by atoms with Crippen molar-refractivity contribution in [3.63, 3.8) is 0 Å². The Morgan fingerprint density at radius 2 is 1.97 bits per heavy atom. The Morgan fingerprint density at radius 3 is 2.62 bits per heavy atom. The van der Waals surface area contributed by atoms with Crippen LogP contribution in [0.3, 0.4) is 0 Å². The van der Waals surface area contributed by atoms with Gasteiger partial charge in [-0.05, 0) is 38.1 Å². The number of Topliss-reactive ketones (excluding diaryl/α,β-unsaturated/α-hetero) is 1. The van der Waals surface area contributed by atoms with Gasteiger partial charge < -0.3 is 14.0 Å². The third-order valence-electron chi connectivity index (χ3n) is 6.76. The molecule has 0 saturated carbocycles. The molecule has 3 atom stereocenters. The van der Waals surface area contributed by atoms with Crippen LogP contribution in [0.15, 0.2) is 29.8 Å². The number of likely N-dealkylation sites (N-methyl/N-ethyl adjacent to an activating group) is 1. The molecule has 154 valence electrons. The zero-order valence-corrected chi connectivity index (χ0v) is 17.7. The van der Waals surface area contributed by atoms with Crippen molar-refractivity contribution in [3.05, 3.63) is 41.1 Å². The molecule has 0 radical (unpaired) electrons. The van der Waals surface area contributed by atoms with Crippen LogP contribution in [0.1, 0.15) is 29.4 Å². The van der Waals surface area contributed by atoms with Crippen LogP contribution in [0.5, 0.6) is 5.75 Å². The van der Waals surface area contributed by atoms with Gasteiger partial charge in [-0.15, -0.1) is 0 Å². The summed E-state index contributed by atoms with van der Waals surface area (Å²) in [4.78, 5) is 28.5. The van der Waals surface area contributed by atoms with E-state index in [1.807, 2.05) is 36.7 Å². The van der Waals surface area contributed by atoms with E-state index in [1.54, 1.807) is 7.11 Å². The van der Waals surface area contributed by atoms with Crippen molar-refractivity contribution in [1.29, 1.82) is 0 Å². The summed E-state index contributed by atoms with van der Waals surface area (Å²) in [7, 11) is 7.07. The molecule has 2 aliphatic rings. The van der Waals surface area contributed by atoms with Crippen molar-refractivity contribution in [1.82, 2.24) is 9.47 Å². The minimum atomic E-state index is -0.351. The van der Waals surface area contributed by atoms with Gasteiger partial charge in [0.2, 0.25) is 0 Å². The summed E-state index contributed by atoms with van der Waals surface area (Å²) < 4.78 is 12.6. The minimum Gasteiger partial charge on any atom is -0.497 e. The molecule has 0 spiro atoms. The maximum atomic E-state index is 13.5. The Hall–Kier alpha value is -2.60. The Labute approximate surface area is 171 Å². The van der Waals surface area contributed by atoms with Gasteiger partial charge in [0.1, 0.15) is 5.75 Å². The molecule has 2 bridgehead atoms. The number of nitrogens with zero attached hydrogens (tertiary/aromatic N) is 2. The van der Waals surface area contributed by atoms with Gasteiger partial charge in [0.25, 0.3) is 0 Å². The predicted molar refractivity (Wildman–Crippen MR) is 111 cm³/mol. The first-order chi connectivity index (χ1) is 13.9. The number of carbonyl (C=O) groups excluding carboxylic acids is 2. The van der Waals surface area contributed by atoms with Crippen LogP contribution < -0.4 is 4.74 Å². The SMILES string of the molecule is CC=C1CN(C)C2Cc3c(n(C)c4cc(OC)ccc34)C(=O)CC1C2C(=O)OC. The fourth-order valence-electron chi connectivity index (χ4n) is 5.29. The van der Waals surface area contributed by atoms with Crippen molar-refractivity contribution in [2.75, 3.05) is 27.8 Å². The average Bonchev–Trinajstić information content (AvgIpc) is 2.99. The molecule has 1 aromatic carbocycles. The lowest BCUT2D eigenvalue weighted by atomic mass is 9.70. The van der Waals surface area contributed by atoms with E-state index < -0.39 is 0 Å². The lowest BCUT2D eigenvalue weighted by Crippen LogP contribution is -2.54. The summed E-state index contributed by atoms with van der Waals surface area (Å²) in [5.41, 5.74) is 3.87. The molecule has 29 heavy (non-hydrogen) atoms. The lowest BCUT2D eigenvalue weighted by Gasteiger charge is -2.45. The van der Waals surface area contributed by atoms with E-state index in [4.69, 9.17) is 9.47 Å². The Kier molecular flexibility index (Phi) is 4.99. The number of rotatable bonds is 2. The van der Waals surface area contributed by atoms with Gasteiger partial charge in [0.05, 0.1) is 31.3 Å². The third-order valence-corrected chi connectivity index (χ3v) is 6.76. The number of allylic oxidation sites excluding steroid dienone is 1. The molecule has 1 aliphatic heterocycles. The molecule has 0 N–H and O–H groups in total. The van der Waals surface area contributed by atoms with E-state index in [-0.39, 0.29) is 29.6 Å². The Morgan fingerprint density at radius 1 is 1.21 bits per heavy atom. The van der Waals surface area contributed by atoms with Crippen LogP contribution in [0.25, 0.3) is 10.9 Å². The molecule has 3 unspecified atom stereocenters. The normalized spacial score (nSPS) is 26.2. The minimum absolute atomic E-state index is 0.0179. The summed E-state index contributed by atoms with van der Waals surface area (Å²) >= 11 is 0. The van der Waals surface area contributed by atoms with E-state index >= 15 is 0 Å². The fourth-order valence-corrected chi connectivity index (χ4v) is 5.29. The number of hydrogen-bond acceptors (Lipinski definition) is 5. The number of methoxy groups -OCH3 is 2. The van der Waals surface area contributed by atoms with Crippen molar-refractivity contribution in [3.8, 4) is 5.75 Å². The molecule has 2 heterocycles. The van der Waals surface area contributed by atoms with Crippen molar-refractivity contribution in [2.24, 2.45) is 18.9 Å². The maximum absolute atomic E-state index is 13.5. The smallest absolute Gasteiger partial charge is 0.310 e. The quantitative estimate of drug-likeness (QED) is 0.577. The lowest BCUT2D eigenvalue weighted by molar-refractivity contribution is -0.150. The molecular weight excluding hydrogens is 368 g/mol. The molecule has 1 aromatic heterocycles. The molecule has 1 fully saturated rings. The van der Waals surface area contributed by atoms with E-state index in [1.165, 1.54) is 7.11 Å². The van der Waals surface area contributed by atoms with Gasteiger partial charge in [-0.2, -0.15) is 0 Å². The number of aromatic nitrogens is 1. The second kappa shape index (κ2) is 7.34. The number of fused-ring (bicyclic) bond motifs is 5. The van der Waals surface area contributed by atoms with Crippen LogP contribution in [-0.4, -0.2) is 55.1 Å². The van der Waals surface area contributed by atoms with Crippen LogP contribution in [0.4, 0.5) is 0 Å². The molecular formula is C23H28N2O4. The zero-order chi connectivity index (χ0) is 20.9. The first-order valence-corrected chi connectivity index (χ1v) is 10.0. The van der Waals surface area contributed by atoms with Gasteiger partial charge in [-0.3, -0.25) is 14.5 Å². The van der Waals surface area contributed by atoms with Crippen LogP contribution in [-0.2, 0) is 23.0 Å². The van der Waals surface area contributed by atoms with Gasteiger partial charge in [0, 0.05) is 43.4 Å². The highest BCUT2D eigenvalue weighted by atomic mass is 16.5. The summed E-state index contributed by atoms with van der Waals surface area (Å²) in [5.74, 6) is 0.137. The number of hydrogen-bond donors (Lipinski definition) is 0.